The van der Waals surface area contributed by atoms with Crippen LogP contribution < -0.4 is 10.6 Å². The second-order valence-electron chi connectivity index (χ2n) is 4.39. The SMILES string of the molecule is CSCCN(C)c1cc(C(=O)N(C)C)ccc1N. The Kier molecular flexibility index (Phi) is 5.34. The molecule has 0 radical (unpaired) electrons. The highest BCUT2D eigenvalue weighted by Crippen LogP contribution is 2.24. The summed E-state index contributed by atoms with van der Waals surface area (Å²) in [7, 11) is 5.48. The Hall–Kier alpha value is -1.36. The molecule has 0 spiro atoms. The highest BCUT2D eigenvalue weighted by molar-refractivity contribution is 7.98. The van der Waals surface area contributed by atoms with E-state index in [2.05, 4.69) is 11.2 Å². The lowest BCUT2D eigenvalue weighted by atomic mass is 10.1. The standard InChI is InChI=1S/C13H21N3OS/c1-15(2)13(17)10-5-6-11(14)12(9-10)16(3)7-8-18-4/h5-6,9H,7-8,14H2,1-4H3. The summed E-state index contributed by atoms with van der Waals surface area (Å²) in [6, 6.07) is 5.42. The van der Waals surface area contributed by atoms with Gasteiger partial charge in [0.1, 0.15) is 0 Å². The molecule has 0 saturated carbocycles. The van der Waals surface area contributed by atoms with Crippen LogP contribution in [0.25, 0.3) is 0 Å². The third-order valence-electron chi connectivity index (χ3n) is 2.73. The number of thioether (sulfide) groups is 1. The quantitative estimate of drug-likeness (QED) is 0.826. The summed E-state index contributed by atoms with van der Waals surface area (Å²) >= 11 is 1.79. The number of amides is 1. The number of carbonyl (C=O) groups is 1. The fourth-order valence-corrected chi connectivity index (χ4v) is 2.07. The molecule has 2 N–H and O–H groups in total. The van der Waals surface area contributed by atoms with Crippen LogP contribution in [0.15, 0.2) is 18.2 Å². The van der Waals surface area contributed by atoms with Crippen LogP contribution in [0.4, 0.5) is 11.4 Å². The van der Waals surface area contributed by atoms with Crippen LogP contribution in [0, 0.1) is 0 Å². The van der Waals surface area contributed by atoms with Crippen molar-refractivity contribution in [2.45, 2.75) is 0 Å². The van der Waals surface area contributed by atoms with Crippen molar-refractivity contribution >= 4 is 29.0 Å². The maximum Gasteiger partial charge on any atom is 0.253 e. The summed E-state index contributed by atoms with van der Waals surface area (Å²) in [6.45, 7) is 0.908. The molecule has 0 aromatic heterocycles. The van der Waals surface area contributed by atoms with Crippen molar-refractivity contribution in [1.29, 1.82) is 0 Å². The molecule has 0 saturated heterocycles. The molecule has 1 aromatic carbocycles. The van der Waals surface area contributed by atoms with Gasteiger partial charge in [-0.15, -0.1) is 0 Å². The van der Waals surface area contributed by atoms with E-state index in [9.17, 15) is 4.79 Å². The lowest BCUT2D eigenvalue weighted by Gasteiger charge is -2.22. The summed E-state index contributed by atoms with van der Waals surface area (Å²) in [5.74, 6) is 1.02. The molecular weight excluding hydrogens is 246 g/mol. The van der Waals surface area contributed by atoms with Crippen LogP contribution in [-0.4, -0.2) is 50.5 Å². The van der Waals surface area contributed by atoms with Crippen LogP contribution in [0.3, 0.4) is 0 Å². The minimum absolute atomic E-state index is 0.00508. The number of nitrogens with two attached hydrogens (primary N) is 1. The van der Waals surface area contributed by atoms with Crippen molar-refractivity contribution in [1.82, 2.24) is 4.90 Å². The van der Waals surface area contributed by atoms with E-state index < -0.39 is 0 Å². The minimum Gasteiger partial charge on any atom is -0.397 e. The van der Waals surface area contributed by atoms with Gasteiger partial charge in [-0.25, -0.2) is 0 Å². The number of hydrogen-bond donors (Lipinski definition) is 1. The molecule has 0 aliphatic rings. The van der Waals surface area contributed by atoms with Gasteiger partial charge in [-0.05, 0) is 24.5 Å². The van der Waals surface area contributed by atoms with Gasteiger partial charge in [-0.3, -0.25) is 4.79 Å². The van der Waals surface area contributed by atoms with Gasteiger partial charge < -0.3 is 15.5 Å². The summed E-state index contributed by atoms with van der Waals surface area (Å²) in [6.07, 6.45) is 2.07. The van der Waals surface area contributed by atoms with Crippen LogP contribution in [0.5, 0.6) is 0 Å². The lowest BCUT2D eigenvalue weighted by Crippen LogP contribution is -2.24. The van der Waals surface area contributed by atoms with Gasteiger partial charge in [0.15, 0.2) is 0 Å². The third kappa shape index (κ3) is 3.57. The molecule has 1 amide bonds. The molecule has 4 nitrogen and oxygen atoms in total. The normalized spacial score (nSPS) is 10.2. The summed E-state index contributed by atoms with van der Waals surface area (Å²) in [5, 5.41) is 0. The molecule has 5 heteroatoms. The van der Waals surface area contributed by atoms with Crippen LogP contribution in [0.1, 0.15) is 10.4 Å². The predicted octanol–water partition coefficient (Wildman–Crippen LogP) is 1.77. The van der Waals surface area contributed by atoms with Crippen molar-refractivity contribution in [3.63, 3.8) is 0 Å². The van der Waals surface area contributed by atoms with E-state index in [-0.39, 0.29) is 5.91 Å². The lowest BCUT2D eigenvalue weighted by molar-refractivity contribution is 0.0827. The molecule has 100 valence electrons. The second-order valence-corrected chi connectivity index (χ2v) is 5.37. The maximum atomic E-state index is 11.9. The van der Waals surface area contributed by atoms with Gasteiger partial charge in [0.2, 0.25) is 0 Å². The van der Waals surface area contributed by atoms with E-state index in [1.165, 1.54) is 0 Å². The zero-order valence-corrected chi connectivity index (χ0v) is 12.3. The van der Waals surface area contributed by atoms with Crippen molar-refractivity contribution in [3.05, 3.63) is 23.8 Å². The van der Waals surface area contributed by atoms with Crippen LogP contribution in [-0.2, 0) is 0 Å². The van der Waals surface area contributed by atoms with Gasteiger partial charge in [0, 0.05) is 39.0 Å². The number of hydrogen-bond acceptors (Lipinski definition) is 4. The molecule has 0 unspecified atom stereocenters. The smallest absolute Gasteiger partial charge is 0.253 e. The van der Waals surface area contributed by atoms with E-state index in [1.807, 2.05) is 13.1 Å². The van der Waals surface area contributed by atoms with E-state index in [1.54, 1.807) is 42.9 Å². The fraction of sp³-hybridized carbons (Fsp3) is 0.462. The minimum atomic E-state index is -0.00508. The Morgan fingerprint density at radius 1 is 1.33 bits per heavy atom. The summed E-state index contributed by atoms with van der Waals surface area (Å²) in [5.41, 5.74) is 8.25. The van der Waals surface area contributed by atoms with Crippen molar-refractivity contribution in [2.75, 3.05) is 50.3 Å². The summed E-state index contributed by atoms with van der Waals surface area (Å²) in [4.78, 5) is 15.6. The number of nitrogens with zero attached hydrogens (tertiary/aromatic N) is 2. The van der Waals surface area contributed by atoms with Gasteiger partial charge in [0.25, 0.3) is 5.91 Å². The number of anilines is 2. The molecule has 0 aliphatic carbocycles. The Morgan fingerprint density at radius 3 is 2.56 bits per heavy atom. The van der Waals surface area contributed by atoms with Crippen molar-refractivity contribution < 1.29 is 4.79 Å². The zero-order chi connectivity index (χ0) is 13.7. The van der Waals surface area contributed by atoms with Crippen LogP contribution >= 0.6 is 11.8 Å². The number of carbonyl (C=O) groups excluding carboxylic acids is 1. The molecule has 0 aliphatic heterocycles. The zero-order valence-electron chi connectivity index (χ0n) is 11.4. The highest BCUT2D eigenvalue weighted by Gasteiger charge is 2.12. The Morgan fingerprint density at radius 2 is 2.00 bits per heavy atom. The number of nitrogen functional groups attached to an aromatic ring is 1. The van der Waals surface area contributed by atoms with Crippen molar-refractivity contribution in [3.8, 4) is 0 Å². The Labute approximate surface area is 113 Å². The van der Waals surface area contributed by atoms with E-state index in [0.717, 1.165) is 18.0 Å². The first kappa shape index (κ1) is 14.7. The predicted molar refractivity (Wildman–Crippen MR) is 80.5 cm³/mol. The second kappa shape index (κ2) is 6.54. The first-order chi connectivity index (χ1) is 8.47. The molecule has 18 heavy (non-hydrogen) atoms. The first-order valence-electron chi connectivity index (χ1n) is 5.78. The van der Waals surface area contributed by atoms with E-state index in [0.29, 0.717) is 11.3 Å². The topological polar surface area (TPSA) is 49.6 Å². The van der Waals surface area contributed by atoms with Crippen LogP contribution in [0.2, 0.25) is 0 Å². The largest absolute Gasteiger partial charge is 0.397 e. The third-order valence-corrected chi connectivity index (χ3v) is 3.32. The van der Waals surface area contributed by atoms with E-state index in [4.69, 9.17) is 5.73 Å². The molecule has 0 heterocycles. The molecule has 0 bridgehead atoms. The molecule has 0 atom stereocenters. The molecule has 1 aromatic rings. The average Bonchev–Trinajstić information content (AvgIpc) is 2.35. The first-order valence-corrected chi connectivity index (χ1v) is 7.18. The molecule has 0 fully saturated rings. The van der Waals surface area contributed by atoms with Crippen molar-refractivity contribution in [2.24, 2.45) is 0 Å². The average molecular weight is 267 g/mol. The maximum absolute atomic E-state index is 11.9. The number of benzene rings is 1. The summed E-state index contributed by atoms with van der Waals surface area (Å²) < 4.78 is 0. The van der Waals surface area contributed by atoms with Gasteiger partial charge >= 0.3 is 0 Å². The monoisotopic (exact) mass is 267 g/mol. The Balaban J connectivity index is 2.97. The highest BCUT2D eigenvalue weighted by atomic mass is 32.2. The molecular formula is C13H21N3OS. The van der Waals surface area contributed by atoms with Gasteiger partial charge in [-0.2, -0.15) is 11.8 Å². The van der Waals surface area contributed by atoms with E-state index >= 15 is 0 Å². The number of rotatable bonds is 5. The van der Waals surface area contributed by atoms with Gasteiger partial charge in [-0.1, -0.05) is 0 Å². The van der Waals surface area contributed by atoms with Gasteiger partial charge in [0.05, 0.1) is 11.4 Å². The Bertz CT molecular complexity index is 421. The molecule has 1 rings (SSSR count). The fourth-order valence-electron chi connectivity index (χ4n) is 1.61.